The Hall–Kier alpha value is -2.97. The molecule has 39 heavy (non-hydrogen) atoms. The number of aliphatic imine (C=N–C) groups is 1. The van der Waals surface area contributed by atoms with E-state index in [2.05, 4.69) is 55.8 Å². The summed E-state index contributed by atoms with van der Waals surface area (Å²) in [6.07, 6.45) is -3.34. The number of sulfone groups is 1. The van der Waals surface area contributed by atoms with E-state index in [1.165, 1.54) is 5.56 Å². The number of nitrogens with zero attached hydrogens (tertiary/aromatic N) is 2. The summed E-state index contributed by atoms with van der Waals surface area (Å²) in [6.45, 7) is 2.81. The van der Waals surface area contributed by atoms with E-state index in [0.717, 1.165) is 35.4 Å². The molecular weight excluding hydrogens is 605 g/mol. The zero-order valence-electron chi connectivity index (χ0n) is 21.2. The minimum atomic E-state index is -5.08. The van der Waals surface area contributed by atoms with Gasteiger partial charge < -0.3 is 20.6 Å². The van der Waals surface area contributed by atoms with E-state index in [1.54, 1.807) is 36.2 Å². The fraction of sp³-hybridized carbons (Fsp3) is 0.400. The van der Waals surface area contributed by atoms with Gasteiger partial charge in [0.2, 0.25) is 5.91 Å². The van der Waals surface area contributed by atoms with Gasteiger partial charge in [-0.25, -0.2) is 13.2 Å². The summed E-state index contributed by atoms with van der Waals surface area (Å²) < 4.78 is 57.1. The van der Waals surface area contributed by atoms with E-state index in [0.29, 0.717) is 25.9 Å². The van der Waals surface area contributed by atoms with Gasteiger partial charge in [-0.15, -0.1) is 0 Å². The van der Waals surface area contributed by atoms with Gasteiger partial charge in [-0.2, -0.15) is 13.2 Å². The lowest BCUT2D eigenvalue weighted by Crippen LogP contribution is -2.30. The van der Waals surface area contributed by atoms with Crippen LogP contribution in [0.3, 0.4) is 0 Å². The minimum absolute atomic E-state index is 0.0581. The quantitative estimate of drug-likeness (QED) is 0.324. The van der Waals surface area contributed by atoms with Gasteiger partial charge in [0.1, 0.15) is 11.7 Å². The fourth-order valence-corrected chi connectivity index (χ4v) is 5.07. The molecule has 14 heteroatoms. The van der Waals surface area contributed by atoms with Gasteiger partial charge in [0, 0.05) is 36.6 Å². The molecule has 3 rings (SSSR count). The van der Waals surface area contributed by atoms with E-state index in [9.17, 15) is 26.4 Å². The third-order valence-corrected chi connectivity index (χ3v) is 7.55. The first kappa shape index (κ1) is 32.2. The first-order valence-corrected chi connectivity index (χ1v) is 14.3. The van der Waals surface area contributed by atoms with Gasteiger partial charge in [-0.3, -0.25) is 9.79 Å². The second-order valence-electron chi connectivity index (χ2n) is 8.54. The van der Waals surface area contributed by atoms with Crippen LogP contribution in [-0.4, -0.2) is 81.4 Å². The number of alkyl halides is 3. The van der Waals surface area contributed by atoms with Gasteiger partial charge in [-0.05, 0) is 43.1 Å². The average molecular weight is 636 g/mol. The summed E-state index contributed by atoms with van der Waals surface area (Å²) in [4.78, 5) is 27.7. The molecule has 1 amide bonds. The Morgan fingerprint density at radius 3 is 2.41 bits per heavy atom. The van der Waals surface area contributed by atoms with Crippen molar-refractivity contribution in [1.29, 1.82) is 0 Å². The highest BCUT2D eigenvalue weighted by Crippen LogP contribution is 2.17. The molecule has 0 saturated heterocycles. The van der Waals surface area contributed by atoms with E-state index < -0.39 is 22.0 Å². The lowest BCUT2D eigenvalue weighted by Gasteiger charge is -2.17. The molecule has 0 saturated carbocycles. The molecule has 0 fully saturated rings. The second-order valence-corrected chi connectivity index (χ2v) is 11.4. The molecule has 0 aromatic heterocycles. The number of aliphatic carboxylic acids is 1. The lowest BCUT2D eigenvalue weighted by atomic mass is 10.1. The van der Waals surface area contributed by atoms with Crippen molar-refractivity contribution in [3.05, 3.63) is 64.1 Å². The Kier molecular flexibility index (Phi) is 12.4. The Labute approximate surface area is 233 Å². The van der Waals surface area contributed by atoms with E-state index in [1.807, 2.05) is 0 Å². The maximum absolute atomic E-state index is 12.4. The van der Waals surface area contributed by atoms with Crippen molar-refractivity contribution in [3.63, 3.8) is 0 Å². The number of hydrogen-bond donors (Lipinski definition) is 3. The van der Waals surface area contributed by atoms with Crippen molar-refractivity contribution in [2.45, 2.75) is 30.3 Å². The lowest BCUT2D eigenvalue weighted by molar-refractivity contribution is -0.192. The third-order valence-electron chi connectivity index (χ3n) is 5.50. The van der Waals surface area contributed by atoms with Crippen LogP contribution in [0, 0.1) is 0 Å². The van der Waals surface area contributed by atoms with E-state index in [4.69, 9.17) is 9.90 Å². The predicted molar refractivity (Wildman–Crippen MR) is 144 cm³/mol. The number of carboxylic acid groups (broad SMARTS) is 1. The highest BCUT2D eigenvalue weighted by molar-refractivity contribution is 9.10. The molecule has 0 atom stereocenters. The predicted octanol–water partition coefficient (Wildman–Crippen LogP) is 3.23. The summed E-state index contributed by atoms with van der Waals surface area (Å²) in [5.41, 5.74) is 2.26. The maximum atomic E-state index is 12.4. The minimum Gasteiger partial charge on any atom is -0.475 e. The molecular formula is C25H30BrF3N4O5S. The number of likely N-dealkylation sites (N-methyl/N-ethyl adjacent to an activating group) is 1. The van der Waals surface area contributed by atoms with Crippen molar-refractivity contribution in [3.8, 4) is 0 Å². The molecule has 2 aromatic carbocycles. The van der Waals surface area contributed by atoms with Crippen LogP contribution in [0.5, 0.6) is 0 Å². The molecule has 0 unspecified atom stereocenters. The molecule has 0 spiro atoms. The first-order valence-electron chi connectivity index (χ1n) is 11.9. The molecule has 3 N–H and O–H groups in total. The molecule has 214 valence electrons. The standard InChI is InChI=1S/C23H29BrN4O3S.C2HF3O2/c1-28(15-11-18-7-9-19(10-8-18)23-26-13-14-27-23)22(29)6-3-12-25-17-32(30,31)21-5-2-4-20(24)16-21;3-2(4,5)1(6)7/h2,4-5,7-10,16,25H,3,6,11-15,17H2,1H3,(H,26,27);(H,6,7). The number of halogens is 4. The second kappa shape index (κ2) is 15.0. The summed E-state index contributed by atoms with van der Waals surface area (Å²) in [7, 11) is -1.59. The maximum Gasteiger partial charge on any atom is 0.490 e. The monoisotopic (exact) mass is 634 g/mol. The van der Waals surface area contributed by atoms with Gasteiger partial charge in [0.25, 0.3) is 0 Å². The van der Waals surface area contributed by atoms with Crippen LogP contribution >= 0.6 is 15.9 Å². The summed E-state index contributed by atoms with van der Waals surface area (Å²) in [5, 5.41) is 13.3. The van der Waals surface area contributed by atoms with Crippen molar-refractivity contribution in [1.82, 2.24) is 15.5 Å². The van der Waals surface area contributed by atoms with E-state index in [-0.39, 0.29) is 16.7 Å². The van der Waals surface area contributed by atoms with Crippen LogP contribution in [0.4, 0.5) is 13.2 Å². The first-order chi connectivity index (χ1) is 18.3. The zero-order valence-corrected chi connectivity index (χ0v) is 23.6. The van der Waals surface area contributed by atoms with Gasteiger partial charge in [0.05, 0.1) is 11.4 Å². The van der Waals surface area contributed by atoms with Crippen molar-refractivity contribution in [2.75, 3.05) is 39.1 Å². The SMILES string of the molecule is CN(CCc1ccc(C2=NCCN2)cc1)C(=O)CCCNCS(=O)(=O)c1cccc(Br)c1.O=C(O)C(F)(F)F. The molecule has 9 nitrogen and oxygen atoms in total. The fourth-order valence-electron chi connectivity index (χ4n) is 3.35. The number of rotatable bonds is 11. The molecule has 1 heterocycles. The van der Waals surface area contributed by atoms with Gasteiger partial charge in [0.15, 0.2) is 9.84 Å². The number of amidine groups is 1. The average Bonchev–Trinajstić information content (AvgIpc) is 3.42. The molecule has 1 aliphatic heterocycles. The summed E-state index contributed by atoms with van der Waals surface area (Å²) in [5.74, 6) is -1.90. The Balaban J connectivity index is 0.000000673. The van der Waals surface area contributed by atoms with Gasteiger partial charge in [-0.1, -0.05) is 46.3 Å². The van der Waals surface area contributed by atoms with Crippen molar-refractivity contribution in [2.24, 2.45) is 4.99 Å². The number of benzene rings is 2. The molecule has 1 aliphatic rings. The van der Waals surface area contributed by atoms with Crippen LogP contribution in [0.15, 0.2) is 62.9 Å². The van der Waals surface area contributed by atoms with Crippen molar-refractivity contribution < 1.29 is 36.3 Å². The molecule has 0 bridgehead atoms. The zero-order chi connectivity index (χ0) is 29.1. The van der Waals surface area contributed by atoms with Crippen LogP contribution in [0.1, 0.15) is 24.0 Å². The number of nitrogens with one attached hydrogen (secondary N) is 2. The number of hydrogen-bond acceptors (Lipinski definition) is 7. The number of carbonyl (C=O) groups is 2. The Bertz CT molecular complexity index is 1260. The van der Waals surface area contributed by atoms with E-state index >= 15 is 0 Å². The molecule has 2 aromatic rings. The number of carbonyl (C=O) groups excluding carboxylic acids is 1. The summed E-state index contributed by atoms with van der Waals surface area (Å²) >= 11 is 3.29. The Morgan fingerprint density at radius 1 is 1.18 bits per heavy atom. The summed E-state index contributed by atoms with van der Waals surface area (Å²) in [6, 6.07) is 14.9. The van der Waals surface area contributed by atoms with Crippen LogP contribution in [-0.2, 0) is 25.8 Å². The number of amides is 1. The molecule has 0 aliphatic carbocycles. The van der Waals surface area contributed by atoms with Crippen LogP contribution < -0.4 is 10.6 Å². The highest BCUT2D eigenvalue weighted by atomic mass is 79.9. The topological polar surface area (TPSA) is 128 Å². The van der Waals surface area contributed by atoms with Crippen molar-refractivity contribution >= 4 is 43.5 Å². The molecule has 0 radical (unpaired) electrons. The smallest absolute Gasteiger partial charge is 0.475 e. The van der Waals surface area contributed by atoms with Gasteiger partial charge >= 0.3 is 12.1 Å². The third kappa shape index (κ3) is 11.3. The Morgan fingerprint density at radius 2 is 1.85 bits per heavy atom. The number of carboxylic acids is 1. The highest BCUT2D eigenvalue weighted by Gasteiger charge is 2.38. The van der Waals surface area contributed by atoms with Crippen LogP contribution in [0.25, 0.3) is 0 Å². The van der Waals surface area contributed by atoms with Crippen LogP contribution in [0.2, 0.25) is 0 Å². The largest absolute Gasteiger partial charge is 0.490 e. The normalized spacial score (nSPS) is 13.1.